The molecule has 0 atom stereocenters. The number of thiazole rings is 1. The highest BCUT2D eigenvalue weighted by Crippen LogP contribution is 2.16. The van der Waals surface area contributed by atoms with Crippen LogP contribution in [0, 0.1) is 0 Å². The Morgan fingerprint density at radius 1 is 1.33 bits per heavy atom. The number of nitrogens with one attached hydrogen (secondary N) is 1. The third-order valence-corrected chi connectivity index (χ3v) is 3.51. The Morgan fingerprint density at radius 3 is 2.73 bits per heavy atom. The zero-order valence-corrected chi connectivity index (χ0v) is 10.1. The Kier molecular flexibility index (Phi) is 3.64. The molecule has 0 aliphatic carbocycles. The van der Waals surface area contributed by atoms with Gasteiger partial charge in [-0.05, 0) is 24.0 Å². The number of hydrogen-bond donors (Lipinski definition) is 1. The van der Waals surface area contributed by atoms with Gasteiger partial charge in [0.15, 0.2) is 5.13 Å². The van der Waals surface area contributed by atoms with Crippen LogP contribution in [0.4, 0.5) is 5.13 Å². The summed E-state index contributed by atoms with van der Waals surface area (Å²) in [5.41, 5.74) is 1.28. The van der Waals surface area contributed by atoms with Gasteiger partial charge in [-0.2, -0.15) is 0 Å². The van der Waals surface area contributed by atoms with Crippen molar-refractivity contribution < 1.29 is 0 Å². The summed E-state index contributed by atoms with van der Waals surface area (Å²) in [6, 6.07) is 8.58. The standard InChI is InChI=1S/C11H12N2S2/c1-14-10-4-2-9(3-5-10)8-13-11-12-6-7-15-11/h2-7H,8H2,1H3,(H,12,13). The topological polar surface area (TPSA) is 24.9 Å². The van der Waals surface area contributed by atoms with E-state index < -0.39 is 0 Å². The van der Waals surface area contributed by atoms with Gasteiger partial charge in [0.2, 0.25) is 0 Å². The minimum atomic E-state index is 0.835. The van der Waals surface area contributed by atoms with Crippen molar-refractivity contribution in [3.8, 4) is 0 Å². The zero-order valence-electron chi connectivity index (χ0n) is 8.43. The molecule has 1 aromatic carbocycles. The van der Waals surface area contributed by atoms with E-state index in [0.717, 1.165) is 11.7 Å². The summed E-state index contributed by atoms with van der Waals surface area (Å²) in [7, 11) is 0. The van der Waals surface area contributed by atoms with Gasteiger partial charge in [-0.1, -0.05) is 12.1 Å². The van der Waals surface area contributed by atoms with E-state index in [9.17, 15) is 0 Å². The molecule has 78 valence electrons. The Morgan fingerprint density at radius 2 is 2.13 bits per heavy atom. The van der Waals surface area contributed by atoms with Crippen molar-refractivity contribution in [1.82, 2.24) is 4.98 Å². The number of anilines is 1. The van der Waals surface area contributed by atoms with Gasteiger partial charge in [0.25, 0.3) is 0 Å². The fraction of sp³-hybridized carbons (Fsp3) is 0.182. The minimum Gasteiger partial charge on any atom is -0.357 e. The maximum atomic E-state index is 4.17. The summed E-state index contributed by atoms with van der Waals surface area (Å²) in [4.78, 5) is 5.47. The molecule has 2 aromatic rings. The summed E-state index contributed by atoms with van der Waals surface area (Å²) in [6.07, 6.45) is 3.90. The van der Waals surface area contributed by atoms with Crippen LogP contribution in [0.1, 0.15) is 5.56 Å². The Balaban J connectivity index is 1.93. The van der Waals surface area contributed by atoms with Gasteiger partial charge in [0, 0.05) is 23.0 Å². The van der Waals surface area contributed by atoms with Gasteiger partial charge in [-0.15, -0.1) is 23.1 Å². The third-order valence-electron chi connectivity index (χ3n) is 2.04. The molecule has 0 aliphatic heterocycles. The minimum absolute atomic E-state index is 0.835. The highest BCUT2D eigenvalue weighted by atomic mass is 32.2. The van der Waals surface area contributed by atoms with Crippen LogP contribution in [0.15, 0.2) is 40.7 Å². The Hall–Kier alpha value is -1.00. The molecule has 0 radical (unpaired) electrons. The highest BCUT2D eigenvalue weighted by molar-refractivity contribution is 7.98. The lowest BCUT2D eigenvalue weighted by Crippen LogP contribution is -1.98. The molecule has 1 heterocycles. The number of benzene rings is 1. The molecule has 1 N–H and O–H groups in total. The van der Waals surface area contributed by atoms with Gasteiger partial charge in [0.05, 0.1) is 0 Å². The first-order valence-corrected chi connectivity index (χ1v) is 6.75. The summed E-state index contributed by atoms with van der Waals surface area (Å²) in [6.45, 7) is 0.835. The molecule has 0 spiro atoms. The largest absolute Gasteiger partial charge is 0.357 e. The zero-order chi connectivity index (χ0) is 10.5. The predicted octanol–water partition coefficient (Wildman–Crippen LogP) is 3.48. The average molecular weight is 236 g/mol. The van der Waals surface area contributed by atoms with Crippen molar-refractivity contribution in [2.45, 2.75) is 11.4 Å². The second-order valence-corrected chi connectivity index (χ2v) is 4.81. The fourth-order valence-electron chi connectivity index (χ4n) is 1.23. The summed E-state index contributed by atoms with van der Waals surface area (Å²) in [5.74, 6) is 0. The molecular weight excluding hydrogens is 224 g/mol. The molecule has 0 bridgehead atoms. The number of hydrogen-bond acceptors (Lipinski definition) is 4. The van der Waals surface area contributed by atoms with Gasteiger partial charge in [-0.25, -0.2) is 4.98 Å². The maximum absolute atomic E-state index is 4.17. The molecule has 0 fully saturated rings. The first-order valence-electron chi connectivity index (χ1n) is 4.65. The van der Waals surface area contributed by atoms with E-state index in [4.69, 9.17) is 0 Å². The summed E-state index contributed by atoms with van der Waals surface area (Å²) < 4.78 is 0. The van der Waals surface area contributed by atoms with E-state index in [1.165, 1.54) is 10.5 Å². The second kappa shape index (κ2) is 5.19. The van der Waals surface area contributed by atoms with Crippen LogP contribution in [0.2, 0.25) is 0 Å². The van der Waals surface area contributed by atoms with Gasteiger partial charge in [0.1, 0.15) is 0 Å². The fourth-order valence-corrected chi connectivity index (χ4v) is 2.17. The first kappa shape index (κ1) is 10.5. The molecule has 2 nitrogen and oxygen atoms in total. The van der Waals surface area contributed by atoms with Crippen molar-refractivity contribution in [1.29, 1.82) is 0 Å². The molecule has 0 aliphatic rings. The van der Waals surface area contributed by atoms with Crippen molar-refractivity contribution in [2.24, 2.45) is 0 Å². The highest BCUT2D eigenvalue weighted by Gasteiger charge is 1.96. The number of nitrogens with zero attached hydrogens (tertiary/aromatic N) is 1. The molecule has 4 heteroatoms. The Labute approximate surface area is 97.8 Å². The molecule has 0 amide bonds. The molecule has 0 saturated carbocycles. The van der Waals surface area contributed by atoms with E-state index in [0.29, 0.717) is 0 Å². The van der Waals surface area contributed by atoms with Crippen molar-refractivity contribution >= 4 is 28.2 Å². The van der Waals surface area contributed by atoms with Crippen LogP contribution in [0.25, 0.3) is 0 Å². The smallest absolute Gasteiger partial charge is 0.182 e. The molecule has 0 unspecified atom stereocenters. The lowest BCUT2D eigenvalue weighted by atomic mass is 10.2. The average Bonchev–Trinajstić information content (AvgIpc) is 2.80. The van der Waals surface area contributed by atoms with Crippen molar-refractivity contribution in [3.05, 3.63) is 41.4 Å². The monoisotopic (exact) mass is 236 g/mol. The molecule has 15 heavy (non-hydrogen) atoms. The molecule has 2 rings (SSSR count). The van der Waals surface area contributed by atoms with E-state index in [2.05, 4.69) is 40.8 Å². The van der Waals surface area contributed by atoms with Gasteiger partial charge >= 0.3 is 0 Å². The van der Waals surface area contributed by atoms with Crippen molar-refractivity contribution in [3.63, 3.8) is 0 Å². The maximum Gasteiger partial charge on any atom is 0.182 e. The second-order valence-electron chi connectivity index (χ2n) is 3.04. The van der Waals surface area contributed by atoms with E-state index in [1.807, 2.05) is 11.6 Å². The van der Waals surface area contributed by atoms with E-state index in [-0.39, 0.29) is 0 Å². The van der Waals surface area contributed by atoms with E-state index in [1.54, 1.807) is 23.1 Å². The number of thioether (sulfide) groups is 1. The lowest BCUT2D eigenvalue weighted by Gasteiger charge is -2.03. The van der Waals surface area contributed by atoms with Crippen LogP contribution in [0.3, 0.4) is 0 Å². The predicted molar refractivity (Wildman–Crippen MR) is 67.7 cm³/mol. The van der Waals surface area contributed by atoms with Crippen LogP contribution < -0.4 is 5.32 Å². The molecule has 0 saturated heterocycles. The van der Waals surface area contributed by atoms with Crippen LogP contribution >= 0.6 is 23.1 Å². The lowest BCUT2D eigenvalue weighted by molar-refractivity contribution is 1.13. The quantitative estimate of drug-likeness (QED) is 0.823. The molecular formula is C11H12N2S2. The number of rotatable bonds is 4. The normalized spacial score (nSPS) is 10.2. The van der Waals surface area contributed by atoms with Crippen LogP contribution in [-0.2, 0) is 6.54 Å². The number of aromatic nitrogens is 1. The SMILES string of the molecule is CSc1ccc(CNc2nccs2)cc1. The van der Waals surface area contributed by atoms with Gasteiger partial charge in [-0.3, -0.25) is 0 Å². The summed E-state index contributed by atoms with van der Waals surface area (Å²) in [5, 5.41) is 6.23. The third kappa shape index (κ3) is 2.97. The molecule has 1 aromatic heterocycles. The summed E-state index contributed by atoms with van der Waals surface area (Å²) >= 11 is 3.39. The van der Waals surface area contributed by atoms with Gasteiger partial charge < -0.3 is 5.32 Å². The Bertz CT molecular complexity index is 395. The van der Waals surface area contributed by atoms with E-state index >= 15 is 0 Å². The van der Waals surface area contributed by atoms with Crippen LogP contribution in [-0.4, -0.2) is 11.2 Å². The van der Waals surface area contributed by atoms with Crippen LogP contribution in [0.5, 0.6) is 0 Å². The van der Waals surface area contributed by atoms with Crippen molar-refractivity contribution in [2.75, 3.05) is 11.6 Å². The first-order chi connectivity index (χ1) is 7.38.